The van der Waals surface area contributed by atoms with Crippen LogP contribution in [0.3, 0.4) is 0 Å². The molecule has 2 aliphatic heterocycles. The Bertz CT molecular complexity index is 396. The Kier molecular flexibility index (Phi) is 2.71. The third-order valence-electron chi connectivity index (χ3n) is 6.15. The van der Waals surface area contributed by atoms with Crippen molar-refractivity contribution in [1.82, 2.24) is 0 Å². The summed E-state index contributed by atoms with van der Waals surface area (Å²) in [5, 5.41) is 31.9. The summed E-state index contributed by atoms with van der Waals surface area (Å²) in [4.78, 5) is 0. The van der Waals surface area contributed by atoms with Crippen LogP contribution in [0.4, 0.5) is 0 Å². The molecule has 4 heteroatoms. The zero-order valence-corrected chi connectivity index (χ0v) is 12.3. The van der Waals surface area contributed by atoms with Gasteiger partial charge in [-0.05, 0) is 45.4 Å². The van der Waals surface area contributed by atoms with Gasteiger partial charge in [-0.25, -0.2) is 0 Å². The van der Waals surface area contributed by atoms with Gasteiger partial charge in [0.05, 0.1) is 23.4 Å². The number of ether oxygens (including phenoxy) is 1. The van der Waals surface area contributed by atoms with Gasteiger partial charge >= 0.3 is 0 Å². The average Bonchev–Trinajstić information content (AvgIpc) is 2.42. The Morgan fingerprint density at radius 3 is 2.32 bits per heavy atom. The highest BCUT2D eigenvalue weighted by Crippen LogP contribution is 2.59. The Hall–Kier alpha value is -0.160. The molecule has 2 heterocycles. The van der Waals surface area contributed by atoms with Crippen molar-refractivity contribution in [1.29, 1.82) is 0 Å². The monoisotopic (exact) mass is 270 g/mol. The molecule has 0 amide bonds. The molecule has 2 saturated carbocycles. The SMILES string of the molecule is CC1CC(O)C2C1CC1(O)C(O)CC2(C)OC1(C)C. The van der Waals surface area contributed by atoms with Crippen LogP contribution in [0.15, 0.2) is 0 Å². The van der Waals surface area contributed by atoms with Gasteiger partial charge in [0.2, 0.25) is 0 Å². The van der Waals surface area contributed by atoms with Crippen molar-refractivity contribution < 1.29 is 20.1 Å². The summed E-state index contributed by atoms with van der Waals surface area (Å²) >= 11 is 0. The van der Waals surface area contributed by atoms with Crippen LogP contribution in [0.5, 0.6) is 0 Å². The summed E-state index contributed by atoms with van der Waals surface area (Å²) in [6.45, 7) is 7.82. The maximum atomic E-state index is 11.0. The lowest BCUT2D eigenvalue weighted by atomic mass is 9.72. The summed E-state index contributed by atoms with van der Waals surface area (Å²) in [7, 11) is 0. The second-order valence-corrected chi connectivity index (χ2v) is 7.74. The van der Waals surface area contributed by atoms with Gasteiger partial charge in [0.1, 0.15) is 5.60 Å². The van der Waals surface area contributed by atoms with Crippen LogP contribution < -0.4 is 0 Å². The van der Waals surface area contributed by atoms with Crippen molar-refractivity contribution in [2.45, 2.75) is 76.0 Å². The summed E-state index contributed by atoms with van der Waals surface area (Å²) in [6, 6.07) is 0. The number of rotatable bonds is 0. The van der Waals surface area contributed by atoms with Crippen LogP contribution in [0.25, 0.3) is 0 Å². The topological polar surface area (TPSA) is 69.9 Å². The van der Waals surface area contributed by atoms with E-state index in [1.165, 1.54) is 0 Å². The lowest BCUT2D eigenvalue weighted by Gasteiger charge is -2.54. The molecule has 3 N–H and O–H groups in total. The summed E-state index contributed by atoms with van der Waals surface area (Å²) in [6.07, 6.45) is 0.498. The van der Waals surface area contributed by atoms with Crippen LogP contribution in [-0.4, -0.2) is 44.3 Å². The van der Waals surface area contributed by atoms with Crippen LogP contribution in [0.1, 0.15) is 47.0 Å². The Balaban J connectivity index is 2.11. The fourth-order valence-electron chi connectivity index (χ4n) is 5.14. The quantitative estimate of drug-likeness (QED) is 0.616. The smallest absolute Gasteiger partial charge is 0.119 e. The Morgan fingerprint density at radius 1 is 1.11 bits per heavy atom. The number of hydrogen-bond donors (Lipinski definition) is 3. The molecule has 4 aliphatic rings. The maximum absolute atomic E-state index is 11.0. The molecule has 2 saturated heterocycles. The van der Waals surface area contributed by atoms with Crippen molar-refractivity contribution >= 4 is 0 Å². The van der Waals surface area contributed by atoms with E-state index in [0.29, 0.717) is 18.8 Å². The number of aliphatic hydroxyl groups excluding tert-OH is 2. The molecule has 7 unspecified atom stereocenters. The van der Waals surface area contributed by atoms with Gasteiger partial charge in [-0.3, -0.25) is 0 Å². The molecule has 4 nitrogen and oxygen atoms in total. The molecule has 4 fully saturated rings. The van der Waals surface area contributed by atoms with Crippen molar-refractivity contribution in [2.24, 2.45) is 17.8 Å². The van der Waals surface area contributed by atoms with E-state index in [1.54, 1.807) is 0 Å². The van der Waals surface area contributed by atoms with Gasteiger partial charge in [-0.15, -0.1) is 0 Å². The second-order valence-electron chi connectivity index (χ2n) is 7.74. The summed E-state index contributed by atoms with van der Waals surface area (Å²) in [5.74, 6) is 0.575. The van der Waals surface area contributed by atoms with Crippen molar-refractivity contribution in [3.05, 3.63) is 0 Å². The number of fused-ring (bicyclic) bond motifs is 2. The third-order valence-corrected chi connectivity index (χ3v) is 6.15. The van der Waals surface area contributed by atoms with Crippen molar-refractivity contribution in [2.75, 3.05) is 0 Å². The largest absolute Gasteiger partial charge is 0.393 e. The van der Waals surface area contributed by atoms with E-state index >= 15 is 0 Å². The molecule has 7 atom stereocenters. The molecule has 0 aromatic heterocycles. The lowest BCUT2D eigenvalue weighted by molar-refractivity contribution is -0.296. The fourth-order valence-corrected chi connectivity index (χ4v) is 5.14. The molecule has 2 bridgehead atoms. The van der Waals surface area contributed by atoms with Gasteiger partial charge in [0.15, 0.2) is 0 Å². The fraction of sp³-hybridized carbons (Fsp3) is 1.00. The zero-order chi connectivity index (χ0) is 14.2. The lowest BCUT2D eigenvalue weighted by Crippen LogP contribution is -2.66. The molecule has 0 aromatic carbocycles. The molecule has 0 radical (unpaired) electrons. The molecule has 2 aliphatic carbocycles. The molecular formula is C15H26O4. The van der Waals surface area contributed by atoms with Gasteiger partial charge in [0, 0.05) is 12.3 Å². The standard InChI is InChI=1S/C15H26O4/c1-8-5-10(16)12-9(8)6-15(18)11(17)7-14(12,4)19-13(15,2)3/h8-12,16-18H,5-7H2,1-4H3. The van der Waals surface area contributed by atoms with E-state index in [2.05, 4.69) is 6.92 Å². The van der Waals surface area contributed by atoms with Crippen LogP contribution >= 0.6 is 0 Å². The van der Waals surface area contributed by atoms with Gasteiger partial charge < -0.3 is 20.1 Å². The van der Waals surface area contributed by atoms with E-state index < -0.39 is 29.0 Å². The third kappa shape index (κ3) is 1.60. The minimum absolute atomic E-state index is 0.00736. The first-order valence-corrected chi connectivity index (χ1v) is 7.39. The first-order valence-electron chi connectivity index (χ1n) is 7.39. The van der Waals surface area contributed by atoms with E-state index in [4.69, 9.17) is 4.74 Å². The number of hydrogen-bond acceptors (Lipinski definition) is 4. The minimum atomic E-state index is -1.22. The molecule has 110 valence electrons. The van der Waals surface area contributed by atoms with Gasteiger partial charge in [0.25, 0.3) is 0 Å². The van der Waals surface area contributed by atoms with Crippen LogP contribution in [0.2, 0.25) is 0 Å². The molecule has 4 rings (SSSR count). The highest BCUT2D eigenvalue weighted by molar-refractivity contribution is 5.17. The predicted octanol–water partition coefficient (Wildman–Crippen LogP) is 1.07. The van der Waals surface area contributed by atoms with E-state index in [-0.39, 0.29) is 11.8 Å². The summed E-state index contributed by atoms with van der Waals surface area (Å²) < 4.78 is 6.22. The second kappa shape index (κ2) is 3.73. The minimum Gasteiger partial charge on any atom is -0.393 e. The van der Waals surface area contributed by atoms with Gasteiger partial charge in [-0.1, -0.05) is 6.92 Å². The average molecular weight is 270 g/mol. The highest BCUT2D eigenvalue weighted by atomic mass is 16.5. The van der Waals surface area contributed by atoms with Crippen molar-refractivity contribution in [3.63, 3.8) is 0 Å². The zero-order valence-electron chi connectivity index (χ0n) is 12.3. The maximum Gasteiger partial charge on any atom is 0.119 e. The van der Waals surface area contributed by atoms with Crippen LogP contribution in [0, 0.1) is 17.8 Å². The predicted molar refractivity (Wildman–Crippen MR) is 70.5 cm³/mol. The first-order chi connectivity index (χ1) is 8.61. The Labute approximate surface area is 114 Å². The summed E-state index contributed by atoms with van der Waals surface area (Å²) in [5.41, 5.74) is -2.56. The molecule has 0 spiro atoms. The van der Waals surface area contributed by atoms with E-state index in [9.17, 15) is 15.3 Å². The van der Waals surface area contributed by atoms with Gasteiger partial charge in [-0.2, -0.15) is 0 Å². The molecule has 0 aromatic rings. The van der Waals surface area contributed by atoms with Crippen LogP contribution in [-0.2, 0) is 4.74 Å². The number of aliphatic hydroxyl groups is 3. The Morgan fingerprint density at radius 2 is 1.74 bits per heavy atom. The highest BCUT2D eigenvalue weighted by Gasteiger charge is 2.67. The molecule has 19 heavy (non-hydrogen) atoms. The van der Waals surface area contributed by atoms with E-state index in [1.807, 2.05) is 20.8 Å². The molecular weight excluding hydrogens is 244 g/mol. The normalized spacial score (nSPS) is 59.8. The van der Waals surface area contributed by atoms with Crippen molar-refractivity contribution in [3.8, 4) is 0 Å². The first kappa shape index (κ1) is 13.8. The van der Waals surface area contributed by atoms with E-state index in [0.717, 1.165) is 6.42 Å².